The van der Waals surface area contributed by atoms with Crippen LogP contribution in [0.25, 0.3) is 0 Å². The quantitative estimate of drug-likeness (QED) is 0.618. The molecule has 1 aliphatic rings. The molecule has 0 aliphatic carbocycles. The number of amides is 1. The van der Waals surface area contributed by atoms with Gasteiger partial charge in [-0.25, -0.2) is 0 Å². The minimum atomic E-state index is -0.709. The van der Waals surface area contributed by atoms with Gasteiger partial charge in [-0.1, -0.05) is 0 Å². The summed E-state index contributed by atoms with van der Waals surface area (Å²) in [6, 6.07) is 0. The van der Waals surface area contributed by atoms with Crippen LogP contribution in [0.2, 0.25) is 0 Å². The summed E-state index contributed by atoms with van der Waals surface area (Å²) in [4.78, 5) is 25.8. The van der Waals surface area contributed by atoms with E-state index < -0.39 is 11.5 Å². The zero-order valence-corrected chi connectivity index (χ0v) is 6.99. The number of carbonyl (C=O) groups is 1. The molecule has 1 aromatic heterocycles. The van der Waals surface area contributed by atoms with Crippen LogP contribution in [0.1, 0.15) is 22.6 Å². The number of hydrogen-bond donors (Lipinski definition) is 1. The van der Waals surface area contributed by atoms with E-state index in [1.165, 1.54) is 6.20 Å². The second-order valence-corrected chi connectivity index (χ2v) is 3.04. The summed E-state index contributed by atoms with van der Waals surface area (Å²) in [7, 11) is 0. The fourth-order valence-electron chi connectivity index (χ4n) is 1.50. The number of aryl methyl sites for hydroxylation is 2. The standard InChI is InChI=1S/C8H9N3O2/c9-7(12)5-4-11-3-1-2-6(11)10-8(5)13/h4H,1-3H2,(H2,9,12). The topological polar surface area (TPSA) is 78.0 Å². The molecular weight excluding hydrogens is 170 g/mol. The molecule has 1 aliphatic heterocycles. The summed E-state index contributed by atoms with van der Waals surface area (Å²) in [6.07, 6.45) is 3.27. The minimum Gasteiger partial charge on any atom is -0.365 e. The second kappa shape index (κ2) is 2.69. The zero-order valence-electron chi connectivity index (χ0n) is 6.99. The lowest BCUT2D eigenvalue weighted by Gasteiger charge is -2.02. The van der Waals surface area contributed by atoms with Crippen molar-refractivity contribution in [1.29, 1.82) is 0 Å². The molecule has 68 valence electrons. The van der Waals surface area contributed by atoms with Crippen molar-refractivity contribution >= 4 is 5.91 Å². The van der Waals surface area contributed by atoms with Gasteiger partial charge in [0.15, 0.2) is 0 Å². The number of nitrogens with zero attached hydrogens (tertiary/aromatic N) is 2. The number of primary amides is 1. The third kappa shape index (κ3) is 1.22. The van der Waals surface area contributed by atoms with Gasteiger partial charge in [0.25, 0.3) is 11.5 Å². The van der Waals surface area contributed by atoms with Gasteiger partial charge >= 0.3 is 0 Å². The molecule has 5 nitrogen and oxygen atoms in total. The van der Waals surface area contributed by atoms with Crippen molar-refractivity contribution in [3.8, 4) is 0 Å². The van der Waals surface area contributed by atoms with Crippen molar-refractivity contribution in [3.63, 3.8) is 0 Å². The van der Waals surface area contributed by atoms with Crippen LogP contribution in [-0.4, -0.2) is 15.5 Å². The molecule has 2 N–H and O–H groups in total. The van der Waals surface area contributed by atoms with Crippen molar-refractivity contribution < 1.29 is 4.79 Å². The van der Waals surface area contributed by atoms with E-state index in [0.29, 0.717) is 0 Å². The first-order valence-corrected chi connectivity index (χ1v) is 4.08. The maximum Gasteiger partial charge on any atom is 0.285 e. The summed E-state index contributed by atoms with van der Waals surface area (Å²) in [5.74, 6) is 0.0368. The van der Waals surface area contributed by atoms with E-state index >= 15 is 0 Å². The van der Waals surface area contributed by atoms with E-state index in [4.69, 9.17) is 5.73 Å². The van der Waals surface area contributed by atoms with Crippen LogP contribution in [0.5, 0.6) is 0 Å². The van der Waals surface area contributed by atoms with E-state index in [0.717, 1.165) is 25.2 Å². The molecule has 0 spiro atoms. The fraction of sp³-hybridized carbons (Fsp3) is 0.375. The molecule has 5 heteroatoms. The third-order valence-corrected chi connectivity index (χ3v) is 2.14. The number of rotatable bonds is 1. The molecule has 1 aromatic rings. The Kier molecular flexibility index (Phi) is 1.65. The number of nitrogens with two attached hydrogens (primary N) is 1. The minimum absolute atomic E-state index is 0.0225. The molecule has 2 rings (SSSR count). The Morgan fingerprint density at radius 1 is 1.62 bits per heavy atom. The average molecular weight is 179 g/mol. The van der Waals surface area contributed by atoms with Crippen LogP contribution in [0.3, 0.4) is 0 Å². The first-order chi connectivity index (χ1) is 6.18. The highest BCUT2D eigenvalue weighted by Gasteiger charge is 2.15. The van der Waals surface area contributed by atoms with E-state index in [2.05, 4.69) is 4.98 Å². The molecule has 0 fully saturated rings. The molecule has 0 saturated carbocycles. The Morgan fingerprint density at radius 3 is 3.08 bits per heavy atom. The first kappa shape index (κ1) is 7.97. The van der Waals surface area contributed by atoms with Crippen molar-refractivity contribution in [3.05, 3.63) is 27.9 Å². The van der Waals surface area contributed by atoms with Gasteiger partial charge in [-0.3, -0.25) is 9.59 Å². The Hall–Kier alpha value is -1.65. The lowest BCUT2D eigenvalue weighted by molar-refractivity contribution is 0.0998. The number of hydrogen-bond acceptors (Lipinski definition) is 3. The molecule has 0 bridgehead atoms. The molecule has 0 saturated heterocycles. The van der Waals surface area contributed by atoms with Crippen LogP contribution >= 0.6 is 0 Å². The maximum absolute atomic E-state index is 11.2. The van der Waals surface area contributed by atoms with E-state index in [1.54, 1.807) is 0 Å². The molecule has 0 unspecified atom stereocenters. The molecule has 0 aromatic carbocycles. The van der Waals surface area contributed by atoms with Gasteiger partial charge in [0, 0.05) is 19.2 Å². The van der Waals surface area contributed by atoms with Gasteiger partial charge in [-0.15, -0.1) is 0 Å². The molecule has 1 amide bonds. The van der Waals surface area contributed by atoms with Crippen LogP contribution in [0.4, 0.5) is 0 Å². The van der Waals surface area contributed by atoms with E-state index in [-0.39, 0.29) is 5.56 Å². The van der Waals surface area contributed by atoms with Crippen molar-refractivity contribution in [1.82, 2.24) is 9.55 Å². The zero-order chi connectivity index (χ0) is 9.42. The molecule has 0 atom stereocenters. The summed E-state index contributed by atoms with van der Waals surface area (Å²) in [6.45, 7) is 0.808. The van der Waals surface area contributed by atoms with Crippen LogP contribution in [0.15, 0.2) is 11.0 Å². The predicted molar refractivity (Wildman–Crippen MR) is 45.3 cm³/mol. The van der Waals surface area contributed by atoms with Gasteiger partial charge in [0.1, 0.15) is 11.4 Å². The normalized spacial score (nSPS) is 14.2. The smallest absolute Gasteiger partial charge is 0.285 e. The Morgan fingerprint density at radius 2 is 2.38 bits per heavy atom. The predicted octanol–water partition coefficient (Wildman–Crippen LogP) is -0.712. The SMILES string of the molecule is NC(=O)c1cn2c(nc1=O)CCC2. The lowest BCUT2D eigenvalue weighted by atomic mass is 10.3. The monoisotopic (exact) mass is 179 g/mol. The fourth-order valence-corrected chi connectivity index (χ4v) is 1.50. The highest BCUT2D eigenvalue weighted by atomic mass is 16.2. The van der Waals surface area contributed by atoms with Gasteiger partial charge in [-0.05, 0) is 6.42 Å². The lowest BCUT2D eigenvalue weighted by Crippen LogP contribution is -2.26. The van der Waals surface area contributed by atoms with Gasteiger partial charge < -0.3 is 10.3 Å². The summed E-state index contributed by atoms with van der Waals surface area (Å²) in [5, 5.41) is 0. The van der Waals surface area contributed by atoms with Gasteiger partial charge in [-0.2, -0.15) is 4.98 Å². The van der Waals surface area contributed by atoms with Gasteiger partial charge in [0.05, 0.1) is 0 Å². The molecule has 2 heterocycles. The van der Waals surface area contributed by atoms with Crippen LogP contribution in [-0.2, 0) is 13.0 Å². The largest absolute Gasteiger partial charge is 0.365 e. The Labute approximate surface area is 74.2 Å². The first-order valence-electron chi connectivity index (χ1n) is 4.08. The van der Waals surface area contributed by atoms with E-state index in [1.807, 2.05) is 4.57 Å². The number of aromatic nitrogens is 2. The third-order valence-electron chi connectivity index (χ3n) is 2.14. The van der Waals surface area contributed by atoms with Crippen LogP contribution < -0.4 is 11.3 Å². The number of carbonyl (C=O) groups excluding carboxylic acids is 1. The van der Waals surface area contributed by atoms with E-state index in [9.17, 15) is 9.59 Å². The maximum atomic E-state index is 11.2. The van der Waals surface area contributed by atoms with Crippen LogP contribution in [0, 0.1) is 0 Å². The highest BCUT2D eigenvalue weighted by molar-refractivity contribution is 5.92. The summed E-state index contributed by atoms with van der Waals surface area (Å²) < 4.78 is 1.81. The Bertz CT molecular complexity index is 422. The van der Waals surface area contributed by atoms with Gasteiger partial charge in [0.2, 0.25) is 0 Å². The average Bonchev–Trinajstić information content (AvgIpc) is 2.48. The van der Waals surface area contributed by atoms with Crippen molar-refractivity contribution in [2.45, 2.75) is 19.4 Å². The molecule has 0 radical (unpaired) electrons. The summed E-state index contributed by atoms with van der Waals surface area (Å²) >= 11 is 0. The molecule has 13 heavy (non-hydrogen) atoms. The summed E-state index contributed by atoms with van der Waals surface area (Å²) in [5.41, 5.74) is 4.48. The Balaban J connectivity index is 2.62. The molecular formula is C8H9N3O2. The number of fused-ring (bicyclic) bond motifs is 1. The van der Waals surface area contributed by atoms with Crippen molar-refractivity contribution in [2.75, 3.05) is 0 Å². The van der Waals surface area contributed by atoms with Crippen molar-refractivity contribution in [2.24, 2.45) is 5.73 Å². The highest BCUT2D eigenvalue weighted by Crippen LogP contribution is 2.09. The second-order valence-electron chi connectivity index (χ2n) is 3.04.